The number of halogens is 1. The lowest BCUT2D eigenvalue weighted by Gasteiger charge is -2.21. The van der Waals surface area contributed by atoms with Crippen molar-refractivity contribution in [2.45, 2.75) is 25.7 Å². The van der Waals surface area contributed by atoms with Gasteiger partial charge in [-0.15, -0.1) is 17.5 Å². The first-order valence-electron chi connectivity index (χ1n) is 9.60. The second-order valence-corrected chi connectivity index (χ2v) is 6.96. The number of hydrogen-bond donors (Lipinski definition) is 2. The average Bonchev–Trinajstić information content (AvgIpc) is 3.08. The number of anilines is 1. The lowest BCUT2D eigenvalue weighted by Crippen LogP contribution is -2.27. The summed E-state index contributed by atoms with van der Waals surface area (Å²) in [6.07, 6.45) is 3.99. The third-order valence-electron chi connectivity index (χ3n) is 4.95. The maximum absolute atomic E-state index is 12.9. The number of rotatable bonds is 5. The molecule has 154 valence electrons. The van der Waals surface area contributed by atoms with Gasteiger partial charge in [0.1, 0.15) is 5.75 Å². The van der Waals surface area contributed by atoms with E-state index in [0.29, 0.717) is 29.7 Å². The number of ether oxygens (including phenoxy) is 1. The Morgan fingerprint density at radius 2 is 2.07 bits per heavy atom. The second-order valence-electron chi connectivity index (χ2n) is 6.96. The van der Waals surface area contributed by atoms with Gasteiger partial charge in [-0.3, -0.25) is 9.48 Å². The Labute approximate surface area is 175 Å². The molecule has 0 bridgehead atoms. The number of benzene rings is 1. The first kappa shape index (κ1) is 21.0. The highest BCUT2D eigenvalue weighted by Crippen LogP contribution is 2.27. The van der Waals surface area contributed by atoms with Gasteiger partial charge in [-0.2, -0.15) is 10.2 Å². The van der Waals surface area contributed by atoms with Crippen molar-refractivity contribution in [1.82, 2.24) is 25.3 Å². The summed E-state index contributed by atoms with van der Waals surface area (Å²) < 4.78 is 7.37. The van der Waals surface area contributed by atoms with Gasteiger partial charge in [0.05, 0.1) is 23.4 Å². The maximum Gasteiger partial charge on any atom is 0.260 e. The molecular weight excluding hydrogens is 392 g/mol. The van der Waals surface area contributed by atoms with E-state index in [1.165, 1.54) is 0 Å². The van der Waals surface area contributed by atoms with E-state index in [2.05, 4.69) is 25.9 Å². The summed E-state index contributed by atoms with van der Waals surface area (Å²) in [6, 6.07) is 7.34. The standard InChI is InChI=1S/C20H24N6O2.ClH/c1-3-28-18-11-17-14(12-26(2)25-17)10-15(18)20(27)22-19-5-4-16(23-24-19)13-6-8-21-9-7-13;/h4-5,10-13,21H,3,6-9H2,1-2H3,(H,22,24,27);1H. The number of piperidine rings is 1. The van der Waals surface area contributed by atoms with Crippen LogP contribution in [0.15, 0.2) is 30.5 Å². The van der Waals surface area contributed by atoms with Crippen molar-refractivity contribution >= 4 is 35.0 Å². The summed E-state index contributed by atoms with van der Waals surface area (Å²) in [7, 11) is 1.85. The summed E-state index contributed by atoms with van der Waals surface area (Å²) in [6.45, 7) is 4.35. The molecule has 3 aromatic rings. The average molecular weight is 417 g/mol. The van der Waals surface area contributed by atoms with E-state index in [1.54, 1.807) is 16.8 Å². The maximum atomic E-state index is 12.9. The molecule has 0 spiro atoms. The Hall–Kier alpha value is -2.71. The Morgan fingerprint density at radius 1 is 1.28 bits per heavy atom. The van der Waals surface area contributed by atoms with Gasteiger partial charge in [-0.05, 0) is 51.1 Å². The molecular formula is C20H25ClN6O2. The fraction of sp³-hybridized carbons (Fsp3) is 0.400. The van der Waals surface area contributed by atoms with Gasteiger partial charge < -0.3 is 15.4 Å². The second kappa shape index (κ2) is 9.19. The zero-order valence-corrected chi connectivity index (χ0v) is 17.3. The highest BCUT2D eigenvalue weighted by atomic mass is 35.5. The Balaban J connectivity index is 0.00000240. The molecule has 1 fully saturated rings. The molecule has 8 nitrogen and oxygen atoms in total. The minimum Gasteiger partial charge on any atom is -0.493 e. The number of hydrogen-bond acceptors (Lipinski definition) is 6. The highest BCUT2D eigenvalue weighted by Gasteiger charge is 2.19. The van der Waals surface area contributed by atoms with Crippen LogP contribution < -0.4 is 15.4 Å². The fourth-order valence-corrected chi connectivity index (χ4v) is 3.56. The smallest absolute Gasteiger partial charge is 0.260 e. The quantitative estimate of drug-likeness (QED) is 0.664. The number of carbonyl (C=O) groups is 1. The normalized spacial score (nSPS) is 14.4. The van der Waals surface area contributed by atoms with E-state index in [-0.39, 0.29) is 18.3 Å². The van der Waals surface area contributed by atoms with Gasteiger partial charge in [0.15, 0.2) is 5.82 Å². The summed E-state index contributed by atoms with van der Waals surface area (Å²) >= 11 is 0. The Kier molecular flexibility index (Phi) is 6.66. The number of amides is 1. The predicted molar refractivity (Wildman–Crippen MR) is 114 cm³/mol. The third-order valence-corrected chi connectivity index (χ3v) is 4.95. The minimum atomic E-state index is -0.280. The molecule has 0 unspecified atom stereocenters. The largest absolute Gasteiger partial charge is 0.493 e. The van der Waals surface area contributed by atoms with E-state index in [4.69, 9.17) is 4.74 Å². The minimum absolute atomic E-state index is 0. The predicted octanol–water partition coefficient (Wildman–Crippen LogP) is 2.90. The number of aryl methyl sites for hydroxylation is 1. The van der Waals surface area contributed by atoms with Gasteiger partial charge in [0, 0.05) is 30.6 Å². The molecule has 0 radical (unpaired) electrons. The van der Waals surface area contributed by atoms with Crippen LogP contribution in [0.3, 0.4) is 0 Å². The van der Waals surface area contributed by atoms with Gasteiger partial charge in [-0.1, -0.05) is 0 Å². The summed E-state index contributed by atoms with van der Waals surface area (Å²) in [5.41, 5.74) is 2.21. The van der Waals surface area contributed by atoms with Crippen molar-refractivity contribution in [2.24, 2.45) is 7.05 Å². The van der Waals surface area contributed by atoms with Gasteiger partial charge >= 0.3 is 0 Å². The fourth-order valence-electron chi connectivity index (χ4n) is 3.56. The highest BCUT2D eigenvalue weighted by molar-refractivity contribution is 6.08. The zero-order valence-electron chi connectivity index (χ0n) is 16.5. The SMILES string of the molecule is CCOc1cc2nn(C)cc2cc1C(=O)Nc1ccc(C2CCNCC2)nn1.Cl. The van der Waals surface area contributed by atoms with E-state index in [9.17, 15) is 4.79 Å². The van der Waals surface area contributed by atoms with Gasteiger partial charge in [0.25, 0.3) is 5.91 Å². The summed E-state index contributed by atoms with van der Waals surface area (Å²) in [4.78, 5) is 12.9. The Bertz CT molecular complexity index is 983. The molecule has 29 heavy (non-hydrogen) atoms. The molecule has 1 amide bonds. The number of fused-ring (bicyclic) bond motifs is 1. The van der Waals surface area contributed by atoms with Gasteiger partial charge in [-0.25, -0.2) is 0 Å². The van der Waals surface area contributed by atoms with Crippen molar-refractivity contribution in [2.75, 3.05) is 25.0 Å². The Morgan fingerprint density at radius 3 is 2.76 bits per heavy atom. The van der Waals surface area contributed by atoms with Crippen LogP contribution >= 0.6 is 12.4 Å². The van der Waals surface area contributed by atoms with E-state index >= 15 is 0 Å². The van der Waals surface area contributed by atoms with Crippen molar-refractivity contribution < 1.29 is 9.53 Å². The molecule has 3 heterocycles. The molecule has 1 aromatic carbocycles. The molecule has 2 aromatic heterocycles. The molecule has 0 saturated carbocycles. The van der Waals surface area contributed by atoms with Crippen LogP contribution in [-0.2, 0) is 7.05 Å². The van der Waals surface area contributed by atoms with Crippen LogP contribution in [-0.4, -0.2) is 45.6 Å². The van der Waals surface area contributed by atoms with Crippen LogP contribution in [0.25, 0.3) is 10.9 Å². The molecule has 4 rings (SSSR count). The molecule has 1 saturated heterocycles. The van der Waals surface area contributed by atoms with E-state index in [1.807, 2.05) is 32.3 Å². The van der Waals surface area contributed by atoms with Crippen molar-refractivity contribution in [3.8, 4) is 5.75 Å². The lowest BCUT2D eigenvalue weighted by molar-refractivity contribution is 0.102. The topological polar surface area (TPSA) is 94.0 Å². The zero-order chi connectivity index (χ0) is 19.5. The van der Waals surface area contributed by atoms with E-state index < -0.39 is 0 Å². The number of carbonyl (C=O) groups excluding carboxylic acids is 1. The molecule has 1 aliphatic rings. The van der Waals surface area contributed by atoms with Crippen LogP contribution in [0, 0.1) is 0 Å². The van der Waals surface area contributed by atoms with Crippen molar-refractivity contribution in [3.63, 3.8) is 0 Å². The lowest BCUT2D eigenvalue weighted by atomic mass is 9.94. The van der Waals surface area contributed by atoms with Crippen LogP contribution in [0.4, 0.5) is 5.82 Å². The summed E-state index contributed by atoms with van der Waals surface area (Å²) in [5.74, 6) is 1.08. The molecule has 1 aliphatic heterocycles. The number of aromatic nitrogens is 4. The van der Waals surface area contributed by atoms with Gasteiger partial charge in [0.2, 0.25) is 0 Å². The van der Waals surface area contributed by atoms with Crippen molar-refractivity contribution in [1.29, 1.82) is 0 Å². The van der Waals surface area contributed by atoms with E-state index in [0.717, 1.165) is 42.5 Å². The number of nitrogens with zero attached hydrogens (tertiary/aromatic N) is 4. The molecule has 2 N–H and O–H groups in total. The molecule has 9 heteroatoms. The molecule has 0 atom stereocenters. The van der Waals surface area contributed by atoms with Crippen LogP contribution in [0.2, 0.25) is 0 Å². The first-order chi connectivity index (χ1) is 13.6. The van der Waals surface area contributed by atoms with Crippen LogP contribution in [0.5, 0.6) is 5.75 Å². The third kappa shape index (κ3) is 4.65. The monoisotopic (exact) mass is 416 g/mol. The first-order valence-corrected chi connectivity index (χ1v) is 9.60. The molecule has 0 aliphatic carbocycles. The summed E-state index contributed by atoms with van der Waals surface area (Å²) in [5, 5.41) is 20.0. The number of nitrogens with one attached hydrogen (secondary N) is 2. The van der Waals surface area contributed by atoms with Crippen molar-refractivity contribution in [3.05, 3.63) is 41.7 Å². The van der Waals surface area contributed by atoms with Crippen LogP contribution in [0.1, 0.15) is 41.7 Å².